The summed E-state index contributed by atoms with van der Waals surface area (Å²) in [6.07, 6.45) is 10.9. The third-order valence-electron chi connectivity index (χ3n) is 10.6. The maximum Gasteiger partial charge on any atom is 0.293 e. The first-order valence-electron chi connectivity index (χ1n) is 17.6. The molecule has 0 radical (unpaired) electrons. The van der Waals surface area contributed by atoms with Gasteiger partial charge in [-0.2, -0.15) is 10.2 Å². The number of fused-ring (bicyclic) bond motifs is 2. The van der Waals surface area contributed by atoms with Gasteiger partial charge in [0.15, 0.2) is 5.82 Å². The number of nitrogens with one attached hydrogen (secondary N) is 2. The molecule has 1 aromatic heterocycles. The number of piperidine rings is 1. The van der Waals surface area contributed by atoms with Crippen molar-refractivity contribution in [2.24, 2.45) is 15.2 Å². The number of aliphatic imine (C=N–C) groups is 1. The van der Waals surface area contributed by atoms with Crippen molar-refractivity contribution in [1.82, 2.24) is 20.1 Å². The maximum atomic E-state index is 17.1. The quantitative estimate of drug-likeness (QED) is 0.145. The molecule has 5 aliphatic rings. The number of nitrogens with zero attached hydrogens (tertiary/aromatic N) is 6. The van der Waals surface area contributed by atoms with E-state index in [1.807, 2.05) is 13.1 Å². The highest BCUT2D eigenvalue weighted by Crippen LogP contribution is 2.44. The Hall–Kier alpha value is -3.49. The third kappa shape index (κ3) is 7.29. The average Bonchev–Trinajstić information content (AvgIpc) is 3.50. The molecule has 5 heterocycles. The van der Waals surface area contributed by atoms with Gasteiger partial charge < -0.3 is 29.7 Å². The minimum absolute atomic E-state index is 0.0727. The van der Waals surface area contributed by atoms with Crippen LogP contribution < -0.4 is 21.1 Å². The summed E-state index contributed by atoms with van der Waals surface area (Å²) in [5.74, 6) is 0.337. The van der Waals surface area contributed by atoms with Crippen LogP contribution in [0.5, 0.6) is 0 Å². The molecule has 0 amide bonds. The number of likely N-dealkylation sites (N-methyl/N-ethyl adjacent to an activating group) is 1. The Balaban J connectivity index is 0.000000808. The number of halogens is 2. The van der Waals surface area contributed by atoms with Crippen molar-refractivity contribution in [3.05, 3.63) is 49.7 Å². The Kier molecular flexibility index (Phi) is 11.8. The van der Waals surface area contributed by atoms with Crippen LogP contribution in [0.15, 0.2) is 27.5 Å². The number of benzene rings is 1. The topological polar surface area (TPSA) is 125 Å². The van der Waals surface area contributed by atoms with Gasteiger partial charge in [-0.05, 0) is 96.3 Å². The zero-order chi connectivity index (χ0) is 35.3. The van der Waals surface area contributed by atoms with Gasteiger partial charge in [0, 0.05) is 47.4 Å². The van der Waals surface area contributed by atoms with E-state index in [-0.39, 0.29) is 41.4 Å². The highest BCUT2D eigenvalue weighted by Gasteiger charge is 2.44. The molecule has 2 unspecified atom stereocenters. The number of ether oxygens (including phenoxy) is 3. The van der Waals surface area contributed by atoms with Crippen LogP contribution in [-0.2, 0) is 19.0 Å². The van der Waals surface area contributed by atoms with Gasteiger partial charge >= 0.3 is 0 Å². The van der Waals surface area contributed by atoms with E-state index in [2.05, 4.69) is 47.1 Å². The monoisotopic (exact) mass is 710 g/mol. The molecule has 270 valence electrons. The summed E-state index contributed by atoms with van der Waals surface area (Å²) in [5.41, 5.74) is 1.92. The van der Waals surface area contributed by atoms with E-state index in [4.69, 9.17) is 26.1 Å². The molecular weight excluding hydrogens is 663 g/mol. The van der Waals surface area contributed by atoms with Crippen molar-refractivity contribution in [3.8, 4) is 0 Å². The van der Waals surface area contributed by atoms with E-state index < -0.39 is 5.82 Å². The minimum Gasteiger partial charge on any atom is -0.468 e. The third-order valence-corrected chi connectivity index (χ3v) is 10.9. The van der Waals surface area contributed by atoms with E-state index in [9.17, 15) is 4.79 Å². The van der Waals surface area contributed by atoms with Crippen LogP contribution in [0.25, 0.3) is 12.0 Å². The number of rotatable bonds is 12. The fourth-order valence-electron chi connectivity index (χ4n) is 7.99. The number of azo groups is 1. The molecule has 12 nitrogen and oxygen atoms in total. The number of hydrogen-bond acceptors (Lipinski definition) is 12. The molecule has 1 aliphatic carbocycles. The van der Waals surface area contributed by atoms with Gasteiger partial charge in [0.25, 0.3) is 6.47 Å². The van der Waals surface area contributed by atoms with E-state index >= 15 is 4.39 Å². The Morgan fingerprint density at radius 1 is 1.24 bits per heavy atom. The first-order valence-corrected chi connectivity index (χ1v) is 18.0. The molecule has 0 spiro atoms. The van der Waals surface area contributed by atoms with Crippen molar-refractivity contribution in [3.63, 3.8) is 0 Å². The number of carbonyl (C=O) groups excluding carboxylic acids is 1. The van der Waals surface area contributed by atoms with Crippen molar-refractivity contribution in [2.75, 3.05) is 65.6 Å². The van der Waals surface area contributed by atoms with Gasteiger partial charge in [-0.1, -0.05) is 11.6 Å². The van der Waals surface area contributed by atoms with Crippen LogP contribution in [-0.4, -0.2) is 106 Å². The number of anilines is 1. The number of likely N-dealkylation sites (tertiary alicyclic amines) is 1. The van der Waals surface area contributed by atoms with Gasteiger partial charge in [-0.3, -0.25) is 14.7 Å². The number of pyridine rings is 1. The molecule has 0 bridgehead atoms. The first kappa shape index (κ1) is 36.3. The average molecular weight is 711 g/mol. The lowest BCUT2D eigenvalue weighted by Crippen LogP contribution is -2.53. The molecule has 3 saturated heterocycles. The van der Waals surface area contributed by atoms with E-state index in [1.54, 1.807) is 26.4 Å². The summed E-state index contributed by atoms with van der Waals surface area (Å²) in [5, 5.41) is 17.8. The second kappa shape index (κ2) is 16.2. The largest absolute Gasteiger partial charge is 0.468 e. The van der Waals surface area contributed by atoms with Crippen LogP contribution >= 0.6 is 11.6 Å². The predicted molar refractivity (Wildman–Crippen MR) is 191 cm³/mol. The van der Waals surface area contributed by atoms with Crippen LogP contribution in [0.2, 0.25) is 5.02 Å². The highest BCUT2D eigenvalue weighted by atomic mass is 35.5. The van der Waals surface area contributed by atoms with Gasteiger partial charge in [0.1, 0.15) is 17.9 Å². The number of methoxy groups -OCH3 is 1. The van der Waals surface area contributed by atoms with Gasteiger partial charge in [0.2, 0.25) is 0 Å². The number of aromatic nitrogens is 1. The lowest BCUT2D eigenvalue weighted by Gasteiger charge is -2.38. The zero-order valence-corrected chi connectivity index (χ0v) is 30.0. The second-order valence-corrected chi connectivity index (χ2v) is 13.8. The molecule has 2 N–H and O–H groups in total. The Labute approximate surface area is 297 Å². The number of carbonyl (C=O) groups is 1. The number of hydrogen-bond donors (Lipinski definition) is 2. The van der Waals surface area contributed by atoms with Crippen LogP contribution in [0.1, 0.15) is 63.4 Å². The minimum atomic E-state index is -0.484. The molecule has 2 atom stereocenters. The first-order chi connectivity index (χ1) is 24.4. The summed E-state index contributed by atoms with van der Waals surface area (Å²) < 4.78 is 33.3. The molecule has 4 fully saturated rings. The Morgan fingerprint density at radius 3 is 2.66 bits per heavy atom. The van der Waals surface area contributed by atoms with Gasteiger partial charge in [0.05, 0.1) is 48.2 Å². The van der Waals surface area contributed by atoms with E-state index in [0.717, 1.165) is 56.0 Å². The lowest BCUT2D eigenvalue weighted by atomic mass is 9.95. The van der Waals surface area contributed by atoms with Crippen molar-refractivity contribution in [1.29, 1.82) is 0 Å². The normalized spacial score (nSPS) is 23.3. The van der Waals surface area contributed by atoms with Gasteiger partial charge in [-0.25, -0.2) is 9.38 Å². The highest BCUT2D eigenvalue weighted by molar-refractivity contribution is 6.31. The fourth-order valence-corrected chi connectivity index (χ4v) is 8.34. The predicted octanol–water partition coefficient (Wildman–Crippen LogP) is 4.14. The molecule has 50 heavy (non-hydrogen) atoms. The van der Waals surface area contributed by atoms with Gasteiger partial charge in [-0.15, -0.1) is 0 Å². The van der Waals surface area contributed by atoms with Crippen LogP contribution in [0.4, 0.5) is 15.8 Å². The molecule has 1 saturated carbocycles. The smallest absolute Gasteiger partial charge is 0.293 e. The molecule has 14 heteroatoms. The fraction of sp³-hybridized carbons (Fsp3) is 0.583. The van der Waals surface area contributed by atoms with E-state index in [1.165, 1.54) is 12.8 Å². The SMILES string of the molecule is C=N/C(=c1/cn/c(=c2\c(C3CC3)c(Cl)cc3c2=CN=N3)c(F)c1NCOCC12CCCN1CCC2)N1CCC(OC)C(NC)C1.CCOC=O. The van der Waals surface area contributed by atoms with Crippen LogP contribution in [0.3, 0.4) is 0 Å². The lowest BCUT2D eigenvalue weighted by molar-refractivity contribution is -0.128. The summed E-state index contributed by atoms with van der Waals surface area (Å²) in [4.78, 5) is 23.1. The van der Waals surface area contributed by atoms with Crippen LogP contribution in [0, 0.1) is 16.4 Å². The molecule has 2 aromatic rings. The zero-order valence-electron chi connectivity index (χ0n) is 29.2. The second-order valence-electron chi connectivity index (χ2n) is 13.4. The van der Waals surface area contributed by atoms with Crippen molar-refractivity contribution in [2.45, 2.75) is 75.5 Å². The standard InChI is InChI=1S/C33H42ClFN8O2.C3H6O2/c1-36-25-17-42(13-8-26(25)44-3)32(37-2)22-15-38-31(28-21-16-40-41-24(21)14-23(34)27(28)20-6-7-20)29(35)30(22)39-19-45-18-33-9-4-11-43(33)12-5-10-33;1-2-5-3-4/h14-16,20,25-26,36,39H,2,4-13,17-19H2,1,3H3;3H,2H2,1H3/b31-28-,32-22+;. The molecule has 1 aromatic carbocycles. The van der Waals surface area contributed by atoms with Crippen molar-refractivity contribution < 1.29 is 23.4 Å². The maximum absolute atomic E-state index is 17.1. The summed E-state index contributed by atoms with van der Waals surface area (Å²) in [6.45, 7) is 10.9. The van der Waals surface area contributed by atoms with Crippen molar-refractivity contribution >= 4 is 48.2 Å². The molecular formula is C36H48ClFN8O4. The Morgan fingerprint density at radius 2 is 2.02 bits per heavy atom. The molecule has 7 rings (SSSR count). The summed E-state index contributed by atoms with van der Waals surface area (Å²) in [6, 6.07) is 1.90. The molecule has 4 aliphatic heterocycles. The summed E-state index contributed by atoms with van der Waals surface area (Å²) in [7, 11) is 3.66. The Bertz CT molecular complexity index is 1810. The van der Waals surface area contributed by atoms with E-state index in [0.29, 0.717) is 59.7 Å². The summed E-state index contributed by atoms with van der Waals surface area (Å²) >= 11 is 6.80.